The van der Waals surface area contributed by atoms with Crippen molar-refractivity contribution in [2.45, 2.75) is 164 Å². The van der Waals surface area contributed by atoms with Crippen LogP contribution >= 0.6 is 0 Å². The Morgan fingerprint density at radius 1 is 1.05 bits per heavy atom. The molecule has 5 fully saturated rings. The van der Waals surface area contributed by atoms with Gasteiger partial charge in [-0.3, -0.25) is 9.59 Å². The van der Waals surface area contributed by atoms with Gasteiger partial charge in [0.1, 0.15) is 47.8 Å². The molecule has 2 N–H and O–H groups in total. The molecule has 0 radical (unpaired) electrons. The third kappa shape index (κ3) is 5.22. The highest BCUT2D eigenvalue weighted by Gasteiger charge is 2.93. The molecule has 328 valence electrons. The Morgan fingerprint density at radius 3 is 2.33 bits per heavy atom. The number of Topliss-reactive ketones (excluding diaryl/α,β-unsaturated/α-hetero) is 1. The fourth-order valence-corrected chi connectivity index (χ4v) is 11.6. The second-order valence-electron chi connectivity index (χ2n) is 18.6. The second-order valence-corrected chi connectivity index (χ2v) is 23.4. The predicted molar refractivity (Wildman–Crippen MR) is 208 cm³/mol. The SMILES string of the molecule is COc1c2c(c(O)c3c4c(c(C)cc13)C1OC3(C(C)OC)OC1[C@@](OC1CC(OC(C)=O)C5(OC(=O)O[C@H]5C)C(C)O1)(O4)[C@@]31CO1)C(=O)[C@@H](O[Si](C)(C)C(C)(C)C)C[C@@H]2O. The van der Waals surface area contributed by atoms with Gasteiger partial charge in [-0.15, -0.1) is 0 Å². The number of carbonyl (C=O) groups is 3. The summed E-state index contributed by atoms with van der Waals surface area (Å²) in [6.07, 6.45) is -10.0. The summed E-state index contributed by atoms with van der Waals surface area (Å²) in [7, 11) is 0.421. The zero-order chi connectivity index (χ0) is 43.4. The quantitative estimate of drug-likeness (QED) is 0.196. The number of fused-ring (bicyclic) bond motifs is 8. The topological polar surface area (TPSA) is 206 Å². The van der Waals surface area contributed by atoms with E-state index in [0.29, 0.717) is 16.5 Å². The van der Waals surface area contributed by atoms with Gasteiger partial charge in [0.05, 0.1) is 30.8 Å². The highest BCUT2D eigenvalue weighted by molar-refractivity contribution is 6.74. The van der Waals surface area contributed by atoms with Crippen LogP contribution in [0.1, 0.15) is 101 Å². The van der Waals surface area contributed by atoms with Crippen molar-refractivity contribution in [2.24, 2.45) is 0 Å². The minimum atomic E-state index is -2.54. The van der Waals surface area contributed by atoms with Gasteiger partial charge < -0.3 is 66.7 Å². The molecular weight excluding hydrogens is 805 g/mol. The Hall–Kier alpha value is -3.59. The monoisotopic (exact) mass is 858 g/mol. The van der Waals surface area contributed by atoms with Gasteiger partial charge in [-0.25, -0.2) is 4.79 Å². The van der Waals surface area contributed by atoms with Crippen molar-refractivity contribution in [1.29, 1.82) is 0 Å². The molecule has 2 bridgehead atoms. The number of phenols is 1. The fraction of sp³-hybridized carbons (Fsp3) is 0.690. The number of rotatable bonds is 8. The summed E-state index contributed by atoms with van der Waals surface area (Å²) in [4.78, 5) is 39.6. The fourth-order valence-electron chi connectivity index (χ4n) is 10.4. The molecule has 2 aromatic carbocycles. The second kappa shape index (κ2) is 13.2. The first-order chi connectivity index (χ1) is 28.0. The van der Waals surface area contributed by atoms with Gasteiger partial charge in [-0.1, -0.05) is 20.8 Å². The largest absolute Gasteiger partial charge is 0.509 e. The van der Waals surface area contributed by atoms with Crippen LogP contribution in [0.3, 0.4) is 0 Å². The molecule has 0 amide bonds. The number of phenolic OH excluding ortho intramolecular Hbond substituents is 1. The average Bonchev–Trinajstić information content (AvgIpc) is 3.71. The minimum Gasteiger partial charge on any atom is -0.506 e. The van der Waals surface area contributed by atoms with Gasteiger partial charge in [0.25, 0.3) is 5.79 Å². The Kier molecular flexibility index (Phi) is 9.19. The summed E-state index contributed by atoms with van der Waals surface area (Å²) >= 11 is 0. The number of hydrogen-bond donors (Lipinski definition) is 2. The zero-order valence-electron chi connectivity index (χ0n) is 35.9. The highest BCUT2D eigenvalue weighted by atomic mass is 28.4. The molecule has 6 aliphatic heterocycles. The summed E-state index contributed by atoms with van der Waals surface area (Å²) < 4.78 is 76.2. The lowest BCUT2D eigenvalue weighted by atomic mass is 9.76. The number of methoxy groups -OCH3 is 2. The van der Waals surface area contributed by atoms with Crippen molar-refractivity contribution in [3.05, 3.63) is 28.3 Å². The Morgan fingerprint density at radius 2 is 1.75 bits per heavy atom. The molecule has 2 aromatic rings. The maximum absolute atomic E-state index is 14.6. The molecular formula is C42H54O17Si. The van der Waals surface area contributed by atoms with Crippen molar-refractivity contribution in [2.75, 3.05) is 20.8 Å². The minimum absolute atomic E-state index is 0.0227. The smallest absolute Gasteiger partial charge is 0.506 e. The number of epoxide rings is 1. The van der Waals surface area contributed by atoms with E-state index in [-0.39, 0.29) is 52.5 Å². The molecule has 9 rings (SSSR count). The number of ether oxygens (including phenoxy) is 11. The van der Waals surface area contributed by atoms with Crippen LogP contribution in [0, 0.1) is 6.92 Å². The van der Waals surface area contributed by atoms with E-state index in [2.05, 4.69) is 20.8 Å². The molecule has 6 heterocycles. The number of ketones is 1. The van der Waals surface area contributed by atoms with Gasteiger partial charge >= 0.3 is 12.1 Å². The first-order valence-corrected chi connectivity index (χ1v) is 23.4. The van der Waals surface area contributed by atoms with Crippen LogP contribution in [-0.2, 0) is 51.9 Å². The summed E-state index contributed by atoms with van der Waals surface area (Å²) in [5.41, 5.74) is -1.76. The van der Waals surface area contributed by atoms with Crippen LogP contribution in [0.5, 0.6) is 17.2 Å². The Labute approximate surface area is 348 Å². The number of benzene rings is 2. The highest BCUT2D eigenvalue weighted by Crippen LogP contribution is 2.72. The maximum Gasteiger partial charge on any atom is 0.509 e. The van der Waals surface area contributed by atoms with Crippen LogP contribution in [0.4, 0.5) is 4.79 Å². The number of aliphatic hydroxyl groups is 1. The molecule has 17 nitrogen and oxygen atoms in total. The van der Waals surface area contributed by atoms with Gasteiger partial charge in [0.2, 0.25) is 17.0 Å². The first kappa shape index (κ1) is 41.7. The van der Waals surface area contributed by atoms with E-state index in [9.17, 15) is 24.6 Å². The molecule has 0 aromatic heterocycles. The van der Waals surface area contributed by atoms with E-state index in [1.807, 2.05) is 20.0 Å². The third-order valence-electron chi connectivity index (χ3n) is 14.4. The Bertz CT molecular complexity index is 2200. The van der Waals surface area contributed by atoms with Crippen LogP contribution in [0.15, 0.2) is 6.07 Å². The van der Waals surface area contributed by atoms with E-state index in [1.54, 1.807) is 26.8 Å². The van der Waals surface area contributed by atoms with E-state index < -0.39 is 110 Å². The summed E-state index contributed by atoms with van der Waals surface area (Å²) in [6.45, 7) is 18.4. The molecule has 1 aliphatic carbocycles. The first-order valence-electron chi connectivity index (χ1n) is 20.5. The molecule has 0 saturated carbocycles. The van der Waals surface area contributed by atoms with Crippen LogP contribution in [0.2, 0.25) is 18.1 Å². The van der Waals surface area contributed by atoms with E-state index in [1.165, 1.54) is 21.1 Å². The van der Waals surface area contributed by atoms with Crippen molar-refractivity contribution in [3.63, 3.8) is 0 Å². The lowest BCUT2D eigenvalue weighted by Gasteiger charge is -2.52. The molecule has 18 heteroatoms. The molecule has 2 spiro atoms. The number of aryl methyl sites for hydroxylation is 1. The van der Waals surface area contributed by atoms with Crippen molar-refractivity contribution in [1.82, 2.24) is 0 Å². The lowest BCUT2D eigenvalue weighted by Crippen LogP contribution is -2.72. The van der Waals surface area contributed by atoms with Crippen LogP contribution < -0.4 is 9.47 Å². The van der Waals surface area contributed by atoms with Gasteiger partial charge in [-0.05, 0) is 57.5 Å². The number of aromatic hydroxyl groups is 1. The molecule has 8 unspecified atom stereocenters. The molecule has 7 aliphatic rings. The third-order valence-corrected chi connectivity index (χ3v) is 18.9. The van der Waals surface area contributed by atoms with E-state index in [4.69, 9.17) is 56.5 Å². The zero-order valence-corrected chi connectivity index (χ0v) is 36.9. The molecule has 5 saturated heterocycles. The number of aliphatic hydroxyl groups excluding tert-OH is 1. The molecule has 60 heavy (non-hydrogen) atoms. The van der Waals surface area contributed by atoms with Crippen molar-refractivity contribution < 1.29 is 81.1 Å². The number of cyclic esters (lactones) is 1. The summed E-state index contributed by atoms with van der Waals surface area (Å²) in [5.74, 6) is -4.69. The lowest BCUT2D eigenvalue weighted by molar-refractivity contribution is -0.377. The van der Waals surface area contributed by atoms with Crippen molar-refractivity contribution in [3.8, 4) is 17.2 Å². The summed E-state index contributed by atoms with van der Waals surface area (Å²) in [5, 5.41) is 24.5. The Balaban J connectivity index is 1.21. The molecule has 13 atom stereocenters. The van der Waals surface area contributed by atoms with Crippen molar-refractivity contribution >= 4 is 37.0 Å². The van der Waals surface area contributed by atoms with Crippen LogP contribution in [0.25, 0.3) is 10.8 Å². The number of carbonyl (C=O) groups excluding carboxylic acids is 3. The van der Waals surface area contributed by atoms with E-state index >= 15 is 0 Å². The number of esters is 1. The summed E-state index contributed by atoms with van der Waals surface area (Å²) in [6, 6.07) is 1.80. The maximum atomic E-state index is 14.6. The van der Waals surface area contributed by atoms with E-state index in [0.717, 1.165) is 0 Å². The standard InChI is InChI=1S/C42H54O17Si/c1-17-13-22-28(32(46)30-29(33(22)49-10)23(44)14-24(31(30)45)59-60(11,12)38(6,7)8)34-27(17)35-36-42(55-34,39(16-50-39)41(56-35,57-36)20(4)48-9)54-26-15-25(53-21(5)43)40(18(2)51-26)19(3)52-37(47)58-40/h13,18-20,23-26,35-36,44,46H,14-16H2,1-12H3/t18?,19-,20?,23-,24-,25?,26?,35?,36?,39+,40?,41?,42+/m0/s1. The van der Waals surface area contributed by atoms with Crippen LogP contribution in [-0.4, -0.2) is 123 Å². The van der Waals surface area contributed by atoms with Gasteiger partial charge in [-0.2, -0.15) is 0 Å². The number of hydrogen-bond acceptors (Lipinski definition) is 17. The normalized spacial score (nSPS) is 39.3. The predicted octanol–water partition coefficient (Wildman–Crippen LogP) is 5.31. The average molecular weight is 859 g/mol. The van der Waals surface area contributed by atoms with Gasteiger partial charge in [0.15, 0.2) is 32.6 Å². The van der Waals surface area contributed by atoms with Gasteiger partial charge in [0, 0.05) is 43.4 Å².